The van der Waals surface area contributed by atoms with Crippen LogP contribution in [0.15, 0.2) is 58.5 Å². The van der Waals surface area contributed by atoms with Gasteiger partial charge in [-0.05, 0) is 78.1 Å². The van der Waals surface area contributed by atoms with Crippen LogP contribution in [0.5, 0.6) is 0 Å². The van der Waals surface area contributed by atoms with Crippen LogP contribution >= 0.6 is 35.0 Å². The number of aromatic nitrogens is 3. The predicted molar refractivity (Wildman–Crippen MR) is 139 cm³/mol. The molecule has 1 aliphatic rings. The number of halogens is 2. The third kappa shape index (κ3) is 4.10. The van der Waals surface area contributed by atoms with Gasteiger partial charge in [0, 0.05) is 22.7 Å². The van der Waals surface area contributed by atoms with E-state index in [2.05, 4.69) is 6.08 Å². The van der Waals surface area contributed by atoms with Crippen LogP contribution in [0.1, 0.15) is 29.7 Å². The van der Waals surface area contributed by atoms with Crippen molar-refractivity contribution in [1.82, 2.24) is 14.5 Å². The zero-order valence-corrected chi connectivity index (χ0v) is 20.6. The van der Waals surface area contributed by atoms with E-state index in [0.717, 1.165) is 52.8 Å². The molecule has 0 saturated heterocycles. The molecule has 0 bridgehead atoms. The van der Waals surface area contributed by atoms with Gasteiger partial charge in [0.05, 0.1) is 11.1 Å². The molecule has 0 aliphatic heterocycles. The second kappa shape index (κ2) is 8.98. The molecule has 2 aromatic heterocycles. The second-order valence-corrected chi connectivity index (χ2v) is 9.70. The van der Waals surface area contributed by atoms with Crippen LogP contribution in [0.3, 0.4) is 0 Å². The van der Waals surface area contributed by atoms with Gasteiger partial charge >= 0.3 is 0 Å². The lowest BCUT2D eigenvalue weighted by Gasteiger charge is -2.23. The maximum Gasteiger partial charge on any atom is 0.264 e. The van der Waals surface area contributed by atoms with E-state index in [9.17, 15) is 4.79 Å². The van der Waals surface area contributed by atoms with Crippen molar-refractivity contribution in [2.45, 2.75) is 24.4 Å². The molecule has 0 N–H and O–H groups in total. The van der Waals surface area contributed by atoms with Crippen molar-refractivity contribution in [3.05, 3.63) is 85.8 Å². The van der Waals surface area contributed by atoms with E-state index in [-0.39, 0.29) is 5.56 Å². The highest BCUT2D eigenvalue weighted by Crippen LogP contribution is 2.40. The van der Waals surface area contributed by atoms with E-state index < -0.39 is 0 Å². The first-order valence-electron chi connectivity index (χ1n) is 10.7. The van der Waals surface area contributed by atoms with Crippen LogP contribution < -0.4 is 5.56 Å². The number of hydrogen-bond acceptors (Lipinski definition) is 4. The van der Waals surface area contributed by atoms with Crippen molar-refractivity contribution in [2.24, 2.45) is 7.05 Å². The molecule has 4 aromatic rings. The van der Waals surface area contributed by atoms with Crippen LogP contribution in [0.25, 0.3) is 33.8 Å². The first-order valence-corrected chi connectivity index (χ1v) is 12.6. The first kappa shape index (κ1) is 22.2. The summed E-state index contributed by atoms with van der Waals surface area (Å²) in [4.78, 5) is 23.2. The number of nitrogens with zero attached hydrogens (tertiary/aromatic N) is 3. The lowest BCUT2D eigenvalue weighted by atomic mass is 9.84. The van der Waals surface area contributed by atoms with Crippen molar-refractivity contribution < 1.29 is 0 Å². The normalized spacial score (nSPS) is 14.6. The minimum atomic E-state index is -0.0848. The summed E-state index contributed by atoms with van der Waals surface area (Å²) >= 11 is 13.7. The van der Waals surface area contributed by atoms with Gasteiger partial charge in [-0.15, -0.1) is 0 Å². The molecule has 0 fully saturated rings. The lowest BCUT2D eigenvalue weighted by molar-refractivity contribution is 0.722. The second-order valence-electron chi connectivity index (χ2n) is 8.06. The Morgan fingerprint density at radius 1 is 0.970 bits per heavy atom. The van der Waals surface area contributed by atoms with Crippen molar-refractivity contribution >= 4 is 57.6 Å². The lowest BCUT2D eigenvalue weighted by Crippen LogP contribution is -2.22. The van der Waals surface area contributed by atoms with Gasteiger partial charge in [0.15, 0.2) is 10.8 Å². The Balaban J connectivity index is 1.85. The molecule has 0 spiro atoms. The van der Waals surface area contributed by atoms with E-state index in [1.807, 2.05) is 54.8 Å². The quantitative estimate of drug-likeness (QED) is 0.230. The third-order valence-electron chi connectivity index (χ3n) is 5.99. The monoisotopic (exact) mass is 493 g/mol. The summed E-state index contributed by atoms with van der Waals surface area (Å²) in [6.07, 6.45) is 6.82. The fraction of sp³-hybridized carbons (Fsp3) is 0.192. The molecule has 166 valence electrons. The molecule has 7 heteroatoms. The van der Waals surface area contributed by atoms with Crippen LogP contribution in [0.4, 0.5) is 0 Å². The molecule has 0 radical (unpaired) electrons. The minimum Gasteiger partial charge on any atom is -0.290 e. The van der Waals surface area contributed by atoms with Gasteiger partial charge in [0.25, 0.3) is 5.56 Å². The Hall–Kier alpha value is -2.60. The highest BCUT2D eigenvalue weighted by atomic mass is 35.5. The van der Waals surface area contributed by atoms with E-state index in [0.29, 0.717) is 26.2 Å². The summed E-state index contributed by atoms with van der Waals surface area (Å²) < 4.78 is 1.60. The van der Waals surface area contributed by atoms with Crippen molar-refractivity contribution in [1.29, 1.82) is 0 Å². The zero-order valence-electron chi connectivity index (χ0n) is 18.2. The molecule has 0 atom stereocenters. The smallest absolute Gasteiger partial charge is 0.264 e. The highest BCUT2D eigenvalue weighted by molar-refractivity contribution is 7.98. The molecule has 2 aromatic carbocycles. The number of allylic oxidation sites excluding steroid dienone is 1. The van der Waals surface area contributed by atoms with E-state index in [4.69, 9.17) is 33.2 Å². The number of rotatable bonds is 3. The third-order valence-corrected chi connectivity index (χ3v) is 7.22. The topological polar surface area (TPSA) is 47.8 Å². The van der Waals surface area contributed by atoms with Gasteiger partial charge in [-0.1, -0.05) is 59.2 Å². The SMILES string of the molecule is CSc1nc2nc3c(c(-c4ccc(Cl)cc4)c2c(=O)n1C)CCC/C3=C/c1ccc(Cl)cc1. The molecular weight excluding hydrogens is 473 g/mol. The summed E-state index contributed by atoms with van der Waals surface area (Å²) in [6.45, 7) is 0. The predicted octanol–water partition coefficient (Wildman–Crippen LogP) is 6.90. The number of hydrogen-bond donors (Lipinski definition) is 0. The van der Waals surface area contributed by atoms with Gasteiger partial charge in [0.2, 0.25) is 0 Å². The Kier molecular flexibility index (Phi) is 6.04. The molecule has 5 rings (SSSR count). The number of benzene rings is 2. The summed E-state index contributed by atoms with van der Waals surface area (Å²) in [5, 5.41) is 2.56. The van der Waals surface area contributed by atoms with Crippen LogP contribution in [-0.2, 0) is 13.5 Å². The molecule has 4 nitrogen and oxygen atoms in total. The maximum atomic E-state index is 13.5. The molecule has 0 unspecified atom stereocenters. The van der Waals surface area contributed by atoms with E-state index in [1.165, 1.54) is 11.8 Å². The standard InChI is InChI=1S/C26H21Cl2N3OS/c1-31-25(32)22-21(16-8-12-19(28)13-9-16)20-5-3-4-17(14-15-6-10-18(27)11-7-15)23(20)29-24(22)30-26(31)33-2/h6-14H,3-5H2,1-2H3/b17-14-. The van der Waals surface area contributed by atoms with Gasteiger partial charge in [0.1, 0.15) is 0 Å². The maximum absolute atomic E-state index is 13.5. The number of thioether (sulfide) groups is 1. The van der Waals surface area contributed by atoms with Crippen LogP contribution in [0.2, 0.25) is 10.0 Å². The number of pyridine rings is 1. The summed E-state index contributed by atoms with van der Waals surface area (Å²) in [5.74, 6) is 0. The fourth-order valence-corrected chi connectivity index (χ4v) is 5.20. The average molecular weight is 494 g/mol. The molecule has 0 amide bonds. The minimum absolute atomic E-state index is 0.0848. The zero-order chi connectivity index (χ0) is 23.1. The molecular formula is C26H21Cl2N3OS. The van der Waals surface area contributed by atoms with Gasteiger partial charge in [-0.3, -0.25) is 9.36 Å². The number of fused-ring (bicyclic) bond motifs is 2. The average Bonchev–Trinajstić information content (AvgIpc) is 2.82. The Morgan fingerprint density at radius 2 is 1.64 bits per heavy atom. The van der Waals surface area contributed by atoms with Gasteiger partial charge < -0.3 is 0 Å². The van der Waals surface area contributed by atoms with Crippen molar-refractivity contribution in [3.8, 4) is 11.1 Å². The fourth-order valence-electron chi connectivity index (χ4n) is 4.42. The summed E-state index contributed by atoms with van der Waals surface area (Å²) in [7, 11) is 1.76. The summed E-state index contributed by atoms with van der Waals surface area (Å²) in [6, 6.07) is 15.4. The van der Waals surface area contributed by atoms with Crippen molar-refractivity contribution in [3.63, 3.8) is 0 Å². The van der Waals surface area contributed by atoms with Crippen LogP contribution in [0, 0.1) is 0 Å². The Labute approximate surface area is 206 Å². The van der Waals surface area contributed by atoms with Gasteiger partial charge in [-0.2, -0.15) is 0 Å². The largest absolute Gasteiger partial charge is 0.290 e. The molecule has 0 saturated carbocycles. The highest BCUT2D eigenvalue weighted by Gasteiger charge is 2.25. The Morgan fingerprint density at radius 3 is 2.30 bits per heavy atom. The molecule has 1 aliphatic carbocycles. The van der Waals surface area contributed by atoms with E-state index >= 15 is 0 Å². The van der Waals surface area contributed by atoms with Crippen LogP contribution in [-0.4, -0.2) is 20.8 Å². The first-order chi connectivity index (χ1) is 16.0. The summed E-state index contributed by atoms with van der Waals surface area (Å²) in [5.41, 5.74) is 6.48. The van der Waals surface area contributed by atoms with Crippen molar-refractivity contribution in [2.75, 3.05) is 6.26 Å². The van der Waals surface area contributed by atoms with E-state index in [1.54, 1.807) is 11.6 Å². The molecule has 2 heterocycles. The molecule has 33 heavy (non-hydrogen) atoms. The van der Waals surface area contributed by atoms with Gasteiger partial charge in [-0.25, -0.2) is 9.97 Å². The Bertz CT molecular complexity index is 1460.